The number of sulfonamides is 1. The summed E-state index contributed by atoms with van der Waals surface area (Å²) in [6.07, 6.45) is -0.154. The van der Waals surface area contributed by atoms with E-state index in [2.05, 4.69) is 4.72 Å². The molecule has 1 aromatic carbocycles. The van der Waals surface area contributed by atoms with Crippen molar-refractivity contribution in [3.05, 3.63) is 29.8 Å². The van der Waals surface area contributed by atoms with E-state index in [4.69, 9.17) is 10.2 Å². The molecule has 20 heavy (non-hydrogen) atoms. The molecule has 0 heterocycles. The molecule has 0 spiro atoms. The van der Waals surface area contributed by atoms with Crippen LogP contribution in [0.2, 0.25) is 0 Å². The molecule has 3 N–H and O–H groups in total. The first-order chi connectivity index (χ1) is 9.26. The molecule has 1 rings (SSSR count). The molecule has 0 saturated carbocycles. The Balaban J connectivity index is 2.90. The fourth-order valence-corrected chi connectivity index (χ4v) is 2.99. The molecule has 0 aliphatic heterocycles. The lowest BCUT2D eigenvalue weighted by atomic mass is 10.1. The molecule has 7 heteroatoms. The second kappa shape index (κ2) is 6.83. The molecule has 0 aliphatic carbocycles. The Hall–Kier alpha value is -1.44. The van der Waals surface area contributed by atoms with Crippen LogP contribution in [-0.2, 0) is 21.2 Å². The van der Waals surface area contributed by atoms with Gasteiger partial charge in [0.05, 0.1) is 17.9 Å². The van der Waals surface area contributed by atoms with Crippen molar-refractivity contribution >= 4 is 16.0 Å². The van der Waals surface area contributed by atoms with Gasteiger partial charge in [-0.05, 0) is 23.6 Å². The van der Waals surface area contributed by atoms with E-state index < -0.39 is 22.0 Å². The highest BCUT2D eigenvalue weighted by Gasteiger charge is 2.21. The van der Waals surface area contributed by atoms with Crippen molar-refractivity contribution < 1.29 is 23.4 Å². The number of aliphatic hydroxyl groups is 1. The minimum Gasteiger partial charge on any atom is -0.481 e. The van der Waals surface area contributed by atoms with Gasteiger partial charge in [-0.25, -0.2) is 13.1 Å². The average Bonchev–Trinajstić information content (AvgIpc) is 2.35. The average molecular weight is 301 g/mol. The number of nitrogens with one attached hydrogen (secondary N) is 1. The Morgan fingerprint density at radius 3 is 2.20 bits per heavy atom. The molecule has 0 saturated heterocycles. The smallest absolute Gasteiger partial charge is 0.307 e. The highest BCUT2D eigenvalue weighted by molar-refractivity contribution is 7.89. The van der Waals surface area contributed by atoms with Gasteiger partial charge in [-0.2, -0.15) is 0 Å². The molecule has 1 aromatic rings. The van der Waals surface area contributed by atoms with Crippen LogP contribution in [0.5, 0.6) is 0 Å². The minimum absolute atomic E-state index is 0.0407. The summed E-state index contributed by atoms with van der Waals surface area (Å²) in [6.45, 7) is 3.33. The van der Waals surface area contributed by atoms with Crippen LogP contribution in [0.3, 0.4) is 0 Å². The van der Waals surface area contributed by atoms with Crippen LogP contribution in [0.25, 0.3) is 0 Å². The SMILES string of the molecule is CC(C)C(CO)NS(=O)(=O)c1ccc(CC(=O)O)cc1. The van der Waals surface area contributed by atoms with E-state index in [1.807, 2.05) is 0 Å². The Kier molecular flexibility index (Phi) is 5.67. The zero-order chi connectivity index (χ0) is 15.3. The summed E-state index contributed by atoms with van der Waals surface area (Å²) in [5.74, 6) is -1.01. The van der Waals surface area contributed by atoms with Crippen molar-refractivity contribution in [1.29, 1.82) is 0 Å². The number of hydrogen-bond donors (Lipinski definition) is 3. The Morgan fingerprint density at radius 2 is 1.80 bits per heavy atom. The predicted octanol–water partition coefficient (Wildman–Crippen LogP) is 0.609. The molecular weight excluding hydrogens is 282 g/mol. The lowest BCUT2D eigenvalue weighted by Crippen LogP contribution is -2.41. The number of aliphatic hydroxyl groups excluding tert-OH is 1. The summed E-state index contributed by atoms with van der Waals surface area (Å²) in [7, 11) is -3.72. The zero-order valence-electron chi connectivity index (χ0n) is 11.4. The lowest BCUT2D eigenvalue weighted by molar-refractivity contribution is -0.136. The van der Waals surface area contributed by atoms with Gasteiger partial charge >= 0.3 is 5.97 Å². The molecule has 0 fully saturated rings. The van der Waals surface area contributed by atoms with Gasteiger partial charge in [0.15, 0.2) is 0 Å². The van der Waals surface area contributed by atoms with E-state index in [0.29, 0.717) is 5.56 Å². The Morgan fingerprint density at radius 1 is 1.25 bits per heavy atom. The molecule has 112 valence electrons. The molecule has 1 unspecified atom stereocenters. The van der Waals surface area contributed by atoms with Gasteiger partial charge < -0.3 is 10.2 Å². The number of carboxylic acid groups (broad SMARTS) is 1. The van der Waals surface area contributed by atoms with Gasteiger partial charge in [0.1, 0.15) is 0 Å². The first-order valence-electron chi connectivity index (χ1n) is 6.20. The maximum atomic E-state index is 12.1. The van der Waals surface area contributed by atoms with Crippen molar-refractivity contribution in [1.82, 2.24) is 4.72 Å². The molecule has 0 radical (unpaired) electrons. The lowest BCUT2D eigenvalue weighted by Gasteiger charge is -2.19. The monoisotopic (exact) mass is 301 g/mol. The number of aliphatic carboxylic acids is 1. The van der Waals surface area contributed by atoms with Crippen molar-refractivity contribution in [3.63, 3.8) is 0 Å². The van der Waals surface area contributed by atoms with Gasteiger partial charge in [-0.15, -0.1) is 0 Å². The van der Waals surface area contributed by atoms with E-state index in [1.165, 1.54) is 24.3 Å². The quantitative estimate of drug-likeness (QED) is 0.684. The molecule has 1 atom stereocenters. The van der Waals surface area contributed by atoms with Crippen molar-refractivity contribution in [2.45, 2.75) is 31.2 Å². The highest BCUT2D eigenvalue weighted by Crippen LogP contribution is 2.13. The third kappa shape index (κ3) is 4.59. The first kappa shape index (κ1) is 16.6. The van der Waals surface area contributed by atoms with Crippen molar-refractivity contribution in [2.24, 2.45) is 5.92 Å². The second-order valence-corrected chi connectivity index (χ2v) is 6.58. The summed E-state index contributed by atoms with van der Waals surface area (Å²) in [5.41, 5.74) is 0.527. The van der Waals surface area contributed by atoms with Gasteiger partial charge in [0.25, 0.3) is 0 Å². The van der Waals surface area contributed by atoms with Gasteiger partial charge in [-0.1, -0.05) is 26.0 Å². The second-order valence-electron chi connectivity index (χ2n) is 4.87. The van der Waals surface area contributed by atoms with E-state index in [1.54, 1.807) is 13.8 Å². The number of rotatable bonds is 7. The third-order valence-corrected chi connectivity index (χ3v) is 4.40. The van der Waals surface area contributed by atoms with Crippen molar-refractivity contribution in [3.8, 4) is 0 Å². The van der Waals surface area contributed by atoms with E-state index in [0.717, 1.165) is 0 Å². The third-order valence-electron chi connectivity index (χ3n) is 2.90. The standard InChI is InChI=1S/C13H19NO5S/c1-9(2)12(8-15)14-20(18,19)11-5-3-10(4-6-11)7-13(16)17/h3-6,9,12,14-15H,7-8H2,1-2H3,(H,16,17). The number of hydrogen-bond acceptors (Lipinski definition) is 4. The van der Waals surface area contributed by atoms with Gasteiger partial charge in [0, 0.05) is 6.04 Å². The molecule has 0 aromatic heterocycles. The molecule has 6 nitrogen and oxygen atoms in total. The van der Waals surface area contributed by atoms with E-state index in [-0.39, 0.29) is 23.8 Å². The van der Waals surface area contributed by atoms with E-state index in [9.17, 15) is 13.2 Å². The topological polar surface area (TPSA) is 104 Å². The van der Waals surface area contributed by atoms with Crippen LogP contribution in [0.1, 0.15) is 19.4 Å². The molecular formula is C13H19NO5S. The summed E-state index contributed by atoms with van der Waals surface area (Å²) < 4.78 is 26.6. The summed E-state index contributed by atoms with van der Waals surface area (Å²) >= 11 is 0. The van der Waals surface area contributed by atoms with Crippen LogP contribution in [-0.4, -0.2) is 37.2 Å². The van der Waals surface area contributed by atoms with Crippen LogP contribution < -0.4 is 4.72 Å². The van der Waals surface area contributed by atoms with Gasteiger partial charge in [-0.3, -0.25) is 4.79 Å². The summed E-state index contributed by atoms with van der Waals surface area (Å²) in [5, 5.41) is 17.8. The molecule has 0 amide bonds. The zero-order valence-corrected chi connectivity index (χ0v) is 12.2. The van der Waals surface area contributed by atoms with Crippen LogP contribution in [0, 0.1) is 5.92 Å². The Labute approximate surface area is 118 Å². The van der Waals surface area contributed by atoms with Crippen LogP contribution in [0.4, 0.5) is 0 Å². The predicted molar refractivity (Wildman–Crippen MR) is 73.8 cm³/mol. The number of carboxylic acids is 1. The molecule has 0 bridgehead atoms. The summed E-state index contributed by atoms with van der Waals surface area (Å²) in [4.78, 5) is 10.6. The Bertz CT molecular complexity index is 551. The fraction of sp³-hybridized carbons (Fsp3) is 0.462. The van der Waals surface area contributed by atoms with Crippen molar-refractivity contribution in [2.75, 3.05) is 6.61 Å². The maximum Gasteiger partial charge on any atom is 0.307 e. The minimum atomic E-state index is -3.72. The van der Waals surface area contributed by atoms with Crippen LogP contribution in [0.15, 0.2) is 29.2 Å². The van der Waals surface area contributed by atoms with Gasteiger partial charge in [0.2, 0.25) is 10.0 Å². The van der Waals surface area contributed by atoms with Crippen LogP contribution >= 0.6 is 0 Å². The first-order valence-corrected chi connectivity index (χ1v) is 7.68. The largest absolute Gasteiger partial charge is 0.481 e. The number of carbonyl (C=O) groups is 1. The fourth-order valence-electron chi connectivity index (χ4n) is 1.61. The molecule has 0 aliphatic rings. The maximum absolute atomic E-state index is 12.1. The number of benzene rings is 1. The summed E-state index contributed by atoms with van der Waals surface area (Å²) in [6, 6.07) is 5.08. The normalized spacial score (nSPS) is 13.4. The highest BCUT2D eigenvalue weighted by atomic mass is 32.2. The van der Waals surface area contributed by atoms with E-state index >= 15 is 0 Å².